The zero-order chi connectivity index (χ0) is 17.5. The van der Waals surface area contributed by atoms with Crippen molar-refractivity contribution < 1.29 is 9.53 Å². The summed E-state index contributed by atoms with van der Waals surface area (Å²) in [5.74, 6) is 1.44. The molecule has 1 saturated heterocycles. The number of hydrogen-bond donors (Lipinski definition) is 0. The zero-order valence-corrected chi connectivity index (χ0v) is 15.4. The Morgan fingerprint density at radius 3 is 2.92 bits per heavy atom. The lowest BCUT2D eigenvalue weighted by Crippen LogP contribution is -2.37. The molecule has 0 radical (unpaired) electrons. The molecular formula is C18H30N4O2. The van der Waals surface area contributed by atoms with Crippen LogP contribution in [0, 0.1) is 6.92 Å². The van der Waals surface area contributed by atoms with Crippen LogP contribution in [0.4, 0.5) is 0 Å². The van der Waals surface area contributed by atoms with Gasteiger partial charge in [-0.1, -0.05) is 0 Å². The molecule has 6 heteroatoms. The standard InChI is InChI=1S/C18H30N4O2/c1-14-12-16(7-8-17(23)21(2)3)20-18(19-14)15-6-5-9-22(13-15)10-11-24-4/h12,15H,5-11,13H2,1-4H3/t15-/m1/s1. The van der Waals surface area contributed by atoms with Gasteiger partial charge in [0.15, 0.2) is 0 Å². The molecule has 0 bridgehead atoms. The first-order chi connectivity index (χ1) is 11.5. The van der Waals surface area contributed by atoms with Crippen molar-refractivity contribution in [3.05, 3.63) is 23.3 Å². The molecule has 2 heterocycles. The van der Waals surface area contributed by atoms with Crippen molar-refractivity contribution in [3.8, 4) is 0 Å². The van der Waals surface area contributed by atoms with Crippen molar-refractivity contribution in [2.75, 3.05) is 47.4 Å². The third-order valence-electron chi connectivity index (χ3n) is 4.50. The van der Waals surface area contributed by atoms with E-state index in [9.17, 15) is 4.79 Å². The van der Waals surface area contributed by atoms with Gasteiger partial charge in [-0.25, -0.2) is 9.97 Å². The van der Waals surface area contributed by atoms with Crippen molar-refractivity contribution in [3.63, 3.8) is 0 Å². The summed E-state index contributed by atoms with van der Waals surface area (Å²) in [6.45, 7) is 5.84. The second kappa shape index (κ2) is 9.08. The number of nitrogens with zero attached hydrogens (tertiary/aromatic N) is 4. The number of carbonyl (C=O) groups excluding carboxylic acids is 1. The molecule has 134 valence electrons. The van der Waals surface area contributed by atoms with E-state index in [-0.39, 0.29) is 5.91 Å². The third-order valence-corrected chi connectivity index (χ3v) is 4.50. The highest BCUT2D eigenvalue weighted by Crippen LogP contribution is 2.25. The van der Waals surface area contributed by atoms with Gasteiger partial charge in [-0.3, -0.25) is 4.79 Å². The van der Waals surface area contributed by atoms with E-state index < -0.39 is 0 Å². The summed E-state index contributed by atoms with van der Waals surface area (Å²) in [6, 6.07) is 2.00. The highest BCUT2D eigenvalue weighted by molar-refractivity contribution is 5.75. The monoisotopic (exact) mass is 334 g/mol. The van der Waals surface area contributed by atoms with Gasteiger partial charge in [-0.15, -0.1) is 0 Å². The first kappa shape index (κ1) is 18.8. The van der Waals surface area contributed by atoms with Gasteiger partial charge in [0.1, 0.15) is 5.82 Å². The summed E-state index contributed by atoms with van der Waals surface area (Å²) in [4.78, 5) is 25.3. The van der Waals surface area contributed by atoms with Gasteiger partial charge in [0.25, 0.3) is 0 Å². The van der Waals surface area contributed by atoms with Crippen LogP contribution in [0.1, 0.15) is 42.4 Å². The molecule has 1 aromatic rings. The second-order valence-electron chi connectivity index (χ2n) is 6.78. The number of hydrogen-bond acceptors (Lipinski definition) is 5. The first-order valence-corrected chi connectivity index (χ1v) is 8.75. The minimum absolute atomic E-state index is 0.135. The average Bonchev–Trinajstić information content (AvgIpc) is 2.57. The zero-order valence-electron chi connectivity index (χ0n) is 15.4. The molecule has 0 aliphatic carbocycles. The minimum atomic E-state index is 0.135. The van der Waals surface area contributed by atoms with E-state index >= 15 is 0 Å². The Hall–Kier alpha value is -1.53. The van der Waals surface area contributed by atoms with Crippen molar-refractivity contribution >= 4 is 5.91 Å². The summed E-state index contributed by atoms with van der Waals surface area (Å²) in [6.07, 6.45) is 3.46. The van der Waals surface area contributed by atoms with Gasteiger partial charge >= 0.3 is 0 Å². The molecule has 0 unspecified atom stereocenters. The lowest BCUT2D eigenvalue weighted by Gasteiger charge is -2.31. The fourth-order valence-corrected chi connectivity index (χ4v) is 3.12. The van der Waals surface area contributed by atoms with E-state index in [0.717, 1.165) is 49.9 Å². The summed E-state index contributed by atoms with van der Waals surface area (Å²) in [7, 11) is 5.32. The molecule has 0 N–H and O–H groups in total. The van der Waals surface area contributed by atoms with Crippen LogP contribution in [0.25, 0.3) is 0 Å². The Labute approximate surface area is 145 Å². The van der Waals surface area contributed by atoms with E-state index in [2.05, 4.69) is 9.88 Å². The maximum atomic E-state index is 11.8. The lowest BCUT2D eigenvalue weighted by atomic mass is 9.97. The molecule has 1 aliphatic rings. The Morgan fingerprint density at radius 2 is 2.21 bits per heavy atom. The number of aromatic nitrogens is 2. The van der Waals surface area contributed by atoms with Gasteiger partial charge in [-0.05, 0) is 38.8 Å². The molecule has 1 aliphatic heterocycles. The first-order valence-electron chi connectivity index (χ1n) is 8.75. The number of carbonyl (C=O) groups is 1. The Morgan fingerprint density at radius 1 is 1.42 bits per heavy atom. The van der Waals surface area contributed by atoms with E-state index in [1.807, 2.05) is 13.0 Å². The molecule has 1 aromatic heterocycles. The van der Waals surface area contributed by atoms with Crippen LogP contribution in [0.3, 0.4) is 0 Å². The van der Waals surface area contributed by atoms with Gasteiger partial charge in [0, 0.05) is 58.0 Å². The van der Waals surface area contributed by atoms with Gasteiger partial charge in [-0.2, -0.15) is 0 Å². The van der Waals surface area contributed by atoms with Crippen LogP contribution in [0.2, 0.25) is 0 Å². The molecule has 24 heavy (non-hydrogen) atoms. The molecule has 0 spiro atoms. The molecule has 1 atom stereocenters. The van der Waals surface area contributed by atoms with Gasteiger partial charge < -0.3 is 14.5 Å². The fourth-order valence-electron chi connectivity index (χ4n) is 3.12. The summed E-state index contributed by atoms with van der Waals surface area (Å²) < 4.78 is 5.19. The largest absolute Gasteiger partial charge is 0.383 e. The highest BCUT2D eigenvalue weighted by Gasteiger charge is 2.23. The topological polar surface area (TPSA) is 58.6 Å². The number of ether oxygens (including phenoxy) is 1. The average molecular weight is 334 g/mol. The number of methoxy groups -OCH3 is 1. The predicted molar refractivity (Wildman–Crippen MR) is 94.1 cm³/mol. The lowest BCUT2D eigenvalue weighted by molar-refractivity contribution is -0.128. The fraction of sp³-hybridized carbons (Fsp3) is 0.722. The van der Waals surface area contributed by atoms with Crippen LogP contribution in [0.5, 0.6) is 0 Å². The SMILES string of the molecule is COCCN1CCC[C@@H](c2nc(C)cc(CCC(=O)N(C)C)n2)C1. The quantitative estimate of drug-likeness (QED) is 0.758. The van der Waals surface area contributed by atoms with Crippen LogP contribution in [-0.2, 0) is 16.0 Å². The van der Waals surface area contributed by atoms with Crippen LogP contribution >= 0.6 is 0 Å². The molecular weight excluding hydrogens is 304 g/mol. The molecule has 1 fully saturated rings. The van der Waals surface area contributed by atoms with E-state index in [1.165, 1.54) is 6.42 Å². The maximum Gasteiger partial charge on any atom is 0.222 e. The highest BCUT2D eigenvalue weighted by atomic mass is 16.5. The maximum absolute atomic E-state index is 11.8. The normalized spacial score (nSPS) is 18.6. The number of likely N-dealkylation sites (tertiary alicyclic amines) is 1. The molecule has 0 aromatic carbocycles. The molecule has 1 amide bonds. The number of rotatable bonds is 7. The Balaban J connectivity index is 2.03. The van der Waals surface area contributed by atoms with Crippen molar-refractivity contribution in [1.82, 2.24) is 19.8 Å². The van der Waals surface area contributed by atoms with Crippen LogP contribution in [-0.4, -0.2) is 73.1 Å². The minimum Gasteiger partial charge on any atom is -0.383 e. The summed E-state index contributed by atoms with van der Waals surface area (Å²) in [5, 5.41) is 0. The molecule has 2 rings (SSSR count). The van der Waals surface area contributed by atoms with E-state index in [4.69, 9.17) is 9.72 Å². The summed E-state index contributed by atoms with van der Waals surface area (Å²) >= 11 is 0. The second-order valence-corrected chi connectivity index (χ2v) is 6.78. The third kappa shape index (κ3) is 5.53. The predicted octanol–water partition coefficient (Wildman–Crippen LogP) is 1.63. The van der Waals surface area contributed by atoms with E-state index in [0.29, 0.717) is 18.8 Å². The smallest absolute Gasteiger partial charge is 0.222 e. The van der Waals surface area contributed by atoms with Crippen LogP contribution in [0.15, 0.2) is 6.07 Å². The van der Waals surface area contributed by atoms with Gasteiger partial charge in [0.05, 0.1) is 6.61 Å². The Kier molecular flexibility index (Phi) is 7.12. The molecule has 0 saturated carbocycles. The number of aryl methyl sites for hydroxylation is 2. The van der Waals surface area contributed by atoms with Crippen molar-refractivity contribution in [2.45, 2.75) is 38.5 Å². The van der Waals surface area contributed by atoms with Crippen LogP contribution < -0.4 is 0 Å². The summed E-state index contributed by atoms with van der Waals surface area (Å²) in [5.41, 5.74) is 1.96. The Bertz CT molecular complexity index is 548. The number of amides is 1. The molecule has 6 nitrogen and oxygen atoms in total. The van der Waals surface area contributed by atoms with E-state index in [1.54, 1.807) is 26.1 Å². The van der Waals surface area contributed by atoms with Gasteiger partial charge in [0.2, 0.25) is 5.91 Å². The van der Waals surface area contributed by atoms with Crippen molar-refractivity contribution in [1.29, 1.82) is 0 Å². The number of piperidine rings is 1. The van der Waals surface area contributed by atoms with Crippen molar-refractivity contribution in [2.24, 2.45) is 0 Å².